The van der Waals surface area contributed by atoms with Gasteiger partial charge in [0.15, 0.2) is 0 Å². The van der Waals surface area contributed by atoms with Crippen molar-refractivity contribution < 1.29 is 22.7 Å². The monoisotopic (exact) mass is 511 g/mol. The number of benzene rings is 2. The average Bonchev–Trinajstić information content (AvgIpc) is 2.90. The molecule has 1 N–H and O–H groups in total. The number of methoxy groups -OCH3 is 1. The van der Waals surface area contributed by atoms with Crippen LogP contribution in [0.3, 0.4) is 0 Å². The first kappa shape index (κ1) is 25.4. The Morgan fingerprint density at radius 3 is 2.43 bits per heavy atom. The van der Waals surface area contributed by atoms with E-state index < -0.39 is 34.6 Å². The third kappa shape index (κ3) is 5.74. The van der Waals surface area contributed by atoms with Gasteiger partial charge in [0.05, 0.1) is 37.1 Å². The molecule has 0 radical (unpaired) electrons. The summed E-state index contributed by atoms with van der Waals surface area (Å²) in [6, 6.07) is 15.3. The SMILES string of the molecule is COc1cccc(Cn2c(=O)c(C(=O)NCc3ccccn3)nn(-c3ccc(C(F)(F)F)cc3)c2=O)c1. The molecule has 2 aromatic heterocycles. The standard InChI is InChI=1S/C25H20F3N5O4/c1-37-20-7-4-5-16(13-20)15-32-23(35)21(22(34)30-14-18-6-2-3-12-29-18)31-33(24(32)36)19-10-8-17(9-11-19)25(26,27)28/h2-13H,14-15H2,1H3,(H,30,34). The zero-order chi connectivity index (χ0) is 26.6. The highest BCUT2D eigenvalue weighted by molar-refractivity contribution is 5.91. The zero-order valence-electron chi connectivity index (χ0n) is 19.4. The second-order valence-corrected chi connectivity index (χ2v) is 7.83. The molecule has 0 fully saturated rings. The van der Waals surface area contributed by atoms with E-state index in [0.717, 1.165) is 33.5 Å². The number of hydrogen-bond donors (Lipinski definition) is 1. The Bertz CT molecular complexity index is 1530. The van der Waals surface area contributed by atoms with Gasteiger partial charge in [0, 0.05) is 6.20 Å². The third-order valence-electron chi connectivity index (χ3n) is 5.35. The van der Waals surface area contributed by atoms with Crippen molar-refractivity contribution in [2.45, 2.75) is 19.3 Å². The Kier molecular flexibility index (Phi) is 7.18. The summed E-state index contributed by atoms with van der Waals surface area (Å²) in [6.45, 7) is -0.255. The molecule has 4 aromatic rings. The van der Waals surface area contributed by atoms with E-state index in [-0.39, 0.29) is 18.8 Å². The number of rotatable bonds is 7. The van der Waals surface area contributed by atoms with E-state index in [9.17, 15) is 27.6 Å². The Morgan fingerprint density at radius 1 is 1.03 bits per heavy atom. The largest absolute Gasteiger partial charge is 0.497 e. The Balaban J connectivity index is 1.79. The molecular weight excluding hydrogens is 491 g/mol. The number of halogens is 3. The minimum Gasteiger partial charge on any atom is -0.497 e. The summed E-state index contributed by atoms with van der Waals surface area (Å²) in [5.74, 6) is -0.397. The summed E-state index contributed by atoms with van der Waals surface area (Å²) in [5, 5.41) is 6.45. The van der Waals surface area contributed by atoms with Gasteiger partial charge in [-0.2, -0.15) is 23.0 Å². The van der Waals surface area contributed by atoms with Crippen molar-refractivity contribution in [3.05, 3.63) is 116 Å². The van der Waals surface area contributed by atoms with Gasteiger partial charge < -0.3 is 10.1 Å². The lowest BCUT2D eigenvalue weighted by atomic mass is 10.2. The summed E-state index contributed by atoms with van der Waals surface area (Å²) in [6.07, 6.45) is -3.05. The number of ether oxygens (including phenoxy) is 1. The number of hydrogen-bond acceptors (Lipinski definition) is 6. The molecule has 0 saturated carbocycles. The van der Waals surface area contributed by atoms with Gasteiger partial charge >= 0.3 is 11.9 Å². The molecule has 0 unspecified atom stereocenters. The van der Waals surface area contributed by atoms with Gasteiger partial charge in [-0.05, 0) is 54.1 Å². The fraction of sp³-hybridized carbons (Fsp3) is 0.160. The maximum absolute atomic E-state index is 13.3. The van der Waals surface area contributed by atoms with E-state index in [4.69, 9.17) is 4.74 Å². The van der Waals surface area contributed by atoms with Gasteiger partial charge in [0.1, 0.15) is 5.75 Å². The molecule has 0 atom stereocenters. The lowest BCUT2D eigenvalue weighted by Crippen LogP contribution is -2.46. The highest BCUT2D eigenvalue weighted by atomic mass is 19.4. The van der Waals surface area contributed by atoms with E-state index in [1.54, 1.807) is 42.5 Å². The predicted molar refractivity (Wildman–Crippen MR) is 127 cm³/mol. The maximum atomic E-state index is 13.3. The number of carbonyl (C=O) groups is 1. The summed E-state index contributed by atoms with van der Waals surface area (Å²) in [7, 11) is 1.46. The first-order valence-corrected chi connectivity index (χ1v) is 10.9. The summed E-state index contributed by atoms with van der Waals surface area (Å²) >= 11 is 0. The van der Waals surface area contributed by atoms with Crippen LogP contribution in [0, 0.1) is 0 Å². The Morgan fingerprint density at radius 2 is 1.78 bits per heavy atom. The minimum atomic E-state index is -4.58. The number of nitrogens with one attached hydrogen (secondary N) is 1. The van der Waals surface area contributed by atoms with E-state index in [1.165, 1.54) is 13.3 Å². The summed E-state index contributed by atoms with van der Waals surface area (Å²) in [4.78, 5) is 43.5. The Labute approximate surface area is 207 Å². The fourth-order valence-electron chi connectivity index (χ4n) is 3.47. The van der Waals surface area contributed by atoms with Crippen LogP contribution in [0.15, 0.2) is 82.5 Å². The Hall–Kier alpha value is -4.74. The second-order valence-electron chi connectivity index (χ2n) is 7.83. The van der Waals surface area contributed by atoms with Crippen molar-refractivity contribution in [1.82, 2.24) is 24.6 Å². The van der Waals surface area contributed by atoms with Crippen molar-refractivity contribution in [1.29, 1.82) is 0 Å². The molecule has 0 saturated heterocycles. The molecule has 1 amide bonds. The molecule has 9 nitrogen and oxygen atoms in total. The van der Waals surface area contributed by atoms with E-state index >= 15 is 0 Å². The lowest BCUT2D eigenvalue weighted by molar-refractivity contribution is -0.137. The zero-order valence-corrected chi connectivity index (χ0v) is 19.4. The van der Waals surface area contributed by atoms with E-state index in [2.05, 4.69) is 15.4 Å². The van der Waals surface area contributed by atoms with Gasteiger partial charge in [0.25, 0.3) is 11.5 Å². The number of carbonyl (C=O) groups excluding carboxylic acids is 1. The van der Waals surface area contributed by atoms with Crippen LogP contribution in [-0.4, -0.2) is 32.3 Å². The topological polar surface area (TPSA) is 108 Å². The van der Waals surface area contributed by atoms with Gasteiger partial charge in [-0.3, -0.25) is 19.1 Å². The molecule has 4 rings (SSSR count). The fourth-order valence-corrected chi connectivity index (χ4v) is 3.47. The molecule has 2 heterocycles. The van der Waals surface area contributed by atoms with Crippen LogP contribution >= 0.6 is 0 Å². The van der Waals surface area contributed by atoms with Crippen molar-refractivity contribution in [3.8, 4) is 11.4 Å². The second kappa shape index (κ2) is 10.5. The molecule has 0 aliphatic rings. The minimum absolute atomic E-state index is 0.0178. The molecule has 0 bridgehead atoms. The van der Waals surface area contributed by atoms with Crippen LogP contribution in [0.25, 0.3) is 5.69 Å². The number of nitrogens with zero attached hydrogens (tertiary/aromatic N) is 4. The first-order chi connectivity index (χ1) is 17.7. The van der Waals surface area contributed by atoms with E-state index in [0.29, 0.717) is 17.0 Å². The molecule has 12 heteroatoms. The molecule has 0 spiro atoms. The van der Waals surface area contributed by atoms with Crippen LogP contribution in [0.5, 0.6) is 5.75 Å². The molecule has 0 aliphatic carbocycles. The van der Waals surface area contributed by atoms with Crippen LogP contribution in [0.2, 0.25) is 0 Å². The molecule has 0 aliphatic heterocycles. The molecule has 2 aromatic carbocycles. The van der Waals surface area contributed by atoms with Crippen LogP contribution in [0.1, 0.15) is 27.3 Å². The van der Waals surface area contributed by atoms with Crippen LogP contribution in [-0.2, 0) is 19.3 Å². The number of amides is 1. The van der Waals surface area contributed by atoms with Gasteiger partial charge in [0.2, 0.25) is 5.69 Å². The normalized spacial score (nSPS) is 11.2. The molecule has 37 heavy (non-hydrogen) atoms. The summed E-state index contributed by atoms with van der Waals surface area (Å²) in [5.41, 5.74) is -2.47. The quantitative estimate of drug-likeness (QED) is 0.409. The number of aromatic nitrogens is 4. The van der Waals surface area contributed by atoms with E-state index in [1.807, 2.05) is 0 Å². The van der Waals surface area contributed by atoms with Gasteiger partial charge in [-0.25, -0.2) is 4.79 Å². The average molecular weight is 511 g/mol. The highest BCUT2D eigenvalue weighted by Gasteiger charge is 2.30. The molecular formula is C25H20F3N5O4. The molecule has 190 valence electrons. The summed E-state index contributed by atoms with van der Waals surface area (Å²) < 4.78 is 45.7. The van der Waals surface area contributed by atoms with Crippen molar-refractivity contribution >= 4 is 5.91 Å². The van der Waals surface area contributed by atoms with Gasteiger partial charge in [-0.1, -0.05) is 18.2 Å². The van der Waals surface area contributed by atoms with Crippen molar-refractivity contribution in [2.75, 3.05) is 7.11 Å². The smallest absolute Gasteiger partial charge is 0.416 e. The van der Waals surface area contributed by atoms with Crippen molar-refractivity contribution in [2.24, 2.45) is 0 Å². The maximum Gasteiger partial charge on any atom is 0.416 e. The van der Waals surface area contributed by atoms with Crippen LogP contribution < -0.4 is 21.3 Å². The van der Waals surface area contributed by atoms with Crippen LogP contribution in [0.4, 0.5) is 13.2 Å². The van der Waals surface area contributed by atoms with Crippen molar-refractivity contribution in [3.63, 3.8) is 0 Å². The first-order valence-electron chi connectivity index (χ1n) is 10.9. The highest BCUT2D eigenvalue weighted by Crippen LogP contribution is 2.29. The number of alkyl halides is 3. The number of pyridine rings is 1. The third-order valence-corrected chi connectivity index (χ3v) is 5.35. The van der Waals surface area contributed by atoms with Gasteiger partial charge in [-0.15, -0.1) is 0 Å². The lowest BCUT2D eigenvalue weighted by Gasteiger charge is -2.13. The predicted octanol–water partition coefficient (Wildman–Crippen LogP) is 2.79.